The van der Waals surface area contributed by atoms with Gasteiger partial charge in [0.25, 0.3) is 5.91 Å². The van der Waals surface area contributed by atoms with Gasteiger partial charge < -0.3 is 25.0 Å². The van der Waals surface area contributed by atoms with Crippen molar-refractivity contribution in [2.45, 2.75) is 38.3 Å². The SMILES string of the molecule is Cc1cc(N2CC(NC(=O)Oc3ccc(Br)s3)CC2=O)ccc1C(=O)N1CCC[C@@H]1CO. The van der Waals surface area contributed by atoms with E-state index in [-0.39, 0.29) is 36.9 Å². The van der Waals surface area contributed by atoms with Gasteiger partial charge in [0.2, 0.25) is 5.91 Å². The summed E-state index contributed by atoms with van der Waals surface area (Å²) in [5, 5.41) is 12.7. The monoisotopic (exact) mass is 521 g/mol. The van der Waals surface area contributed by atoms with Crippen LogP contribution in [0, 0.1) is 6.92 Å². The highest BCUT2D eigenvalue weighted by Crippen LogP contribution is 2.29. The zero-order valence-corrected chi connectivity index (χ0v) is 19.9. The predicted molar refractivity (Wildman–Crippen MR) is 124 cm³/mol. The zero-order chi connectivity index (χ0) is 22.8. The Morgan fingerprint density at radius 3 is 2.81 bits per heavy atom. The zero-order valence-electron chi connectivity index (χ0n) is 17.5. The summed E-state index contributed by atoms with van der Waals surface area (Å²) < 4.78 is 6.11. The maximum absolute atomic E-state index is 12.9. The van der Waals surface area contributed by atoms with Crippen LogP contribution in [0.5, 0.6) is 5.06 Å². The molecule has 1 unspecified atom stereocenters. The summed E-state index contributed by atoms with van der Waals surface area (Å²) in [5.41, 5.74) is 2.02. The number of nitrogens with zero attached hydrogens (tertiary/aromatic N) is 2. The summed E-state index contributed by atoms with van der Waals surface area (Å²) in [6.07, 6.45) is 1.27. The highest BCUT2D eigenvalue weighted by atomic mass is 79.9. The van der Waals surface area contributed by atoms with E-state index >= 15 is 0 Å². The van der Waals surface area contributed by atoms with Crippen molar-refractivity contribution >= 4 is 50.9 Å². The first-order valence-electron chi connectivity index (χ1n) is 10.4. The minimum absolute atomic E-state index is 0.0360. The standard InChI is InChI=1S/C22H24BrN3O5S/c1-13-9-15(4-5-17(13)21(29)25-8-2-3-16(25)12-27)26-11-14(10-19(26)28)24-22(30)31-20-7-6-18(23)32-20/h4-7,9,14,16,27H,2-3,8,10-12H2,1H3,(H,24,30)/t14?,16-/m1/s1. The Hall–Kier alpha value is -2.43. The number of aryl methyl sites for hydroxylation is 1. The van der Waals surface area contributed by atoms with Crippen LogP contribution in [0.15, 0.2) is 34.1 Å². The molecule has 0 radical (unpaired) electrons. The van der Waals surface area contributed by atoms with E-state index in [4.69, 9.17) is 4.74 Å². The Kier molecular flexibility index (Phi) is 6.82. The molecule has 0 bridgehead atoms. The third kappa shape index (κ3) is 4.82. The number of aliphatic hydroxyl groups is 1. The Morgan fingerprint density at radius 1 is 1.31 bits per heavy atom. The molecule has 2 aliphatic rings. The molecule has 3 heterocycles. The van der Waals surface area contributed by atoms with Gasteiger partial charge in [0, 0.05) is 30.8 Å². The molecule has 8 nitrogen and oxygen atoms in total. The van der Waals surface area contributed by atoms with Gasteiger partial charge in [-0.25, -0.2) is 4.79 Å². The molecule has 32 heavy (non-hydrogen) atoms. The van der Waals surface area contributed by atoms with E-state index in [9.17, 15) is 19.5 Å². The summed E-state index contributed by atoms with van der Waals surface area (Å²) in [6.45, 7) is 2.77. The number of halogens is 1. The number of nitrogens with one attached hydrogen (secondary N) is 1. The van der Waals surface area contributed by atoms with Gasteiger partial charge in [0.05, 0.1) is 22.5 Å². The molecule has 0 aliphatic carbocycles. The second-order valence-corrected chi connectivity index (χ2v) is 10.4. The van der Waals surface area contributed by atoms with Crippen LogP contribution in [0.25, 0.3) is 0 Å². The average Bonchev–Trinajstić information content (AvgIpc) is 3.47. The van der Waals surface area contributed by atoms with Crippen molar-refractivity contribution < 1.29 is 24.2 Å². The van der Waals surface area contributed by atoms with Crippen molar-refractivity contribution in [2.24, 2.45) is 0 Å². The maximum atomic E-state index is 12.9. The number of amides is 3. The van der Waals surface area contributed by atoms with Gasteiger partial charge in [-0.05, 0) is 71.6 Å². The molecule has 2 aliphatic heterocycles. The van der Waals surface area contributed by atoms with Crippen LogP contribution in [0.4, 0.5) is 10.5 Å². The average molecular weight is 522 g/mol. The van der Waals surface area contributed by atoms with E-state index in [1.165, 1.54) is 11.3 Å². The van der Waals surface area contributed by atoms with E-state index in [0.717, 1.165) is 22.2 Å². The van der Waals surface area contributed by atoms with Crippen LogP contribution in [0.1, 0.15) is 35.2 Å². The number of aliphatic hydroxyl groups excluding tert-OH is 1. The highest BCUT2D eigenvalue weighted by molar-refractivity contribution is 9.11. The summed E-state index contributed by atoms with van der Waals surface area (Å²) in [6, 6.07) is 8.29. The first-order valence-corrected chi connectivity index (χ1v) is 12.0. The number of carbonyl (C=O) groups is 3. The molecule has 0 saturated carbocycles. The Bertz CT molecular complexity index is 1040. The van der Waals surface area contributed by atoms with E-state index < -0.39 is 6.09 Å². The molecule has 2 fully saturated rings. The molecule has 2 N–H and O–H groups in total. The summed E-state index contributed by atoms with van der Waals surface area (Å²) in [7, 11) is 0. The van der Waals surface area contributed by atoms with Gasteiger partial charge in [-0.15, -0.1) is 0 Å². The molecule has 10 heteroatoms. The number of benzene rings is 1. The van der Waals surface area contributed by atoms with Crippen molar-refractivity contribution in [2.75, 3.05) is 24.6 Å². The van der Waals surface area contributed by atoms with Crippen molar-refractivity contribution in [3.05, 3.63) is 45.2 Å². The maximum Gasteiger partial charge on any atom is 0.413 e. The lowest BCUT2D eigenvalue weighted by Crippen LogP contribution is -2.39. The van der Waals surface area contributed by atoms with Gasteiger partial charge in [-0.2, -0.15) is 0 Å². The molecular weight excluding hydrogens is 498 g/mol. The normalized spacial score (nSPS) is 20.7. The topological polar surface area (TPSA) is 99.2 Å². The molecule has 1 aromatic carbocycles. The highest BCUT2D eigenvalue weighted by Gasteiger charge is 2.33. The summed E-state index contributed by atoms with van der Waals surface area (Å²) in [5.74, 6) is -0.201. The Morgan fingerprint density at radius 2 is 2.12 bits per heavy atom. The first kappa shape index (κ1) is 22.8. The lowest BCUT2D eigenvalue weighted by atomic mass is 10.1. The number of anilines is 1. The first-order chi connectivity index (χ1) is 15.4. The van der Waals surface area contributed by atoms with Gasteiger partial charge >= 0.3 is 6.09 Å². The molecule has 3 amide bonds. The lowest BCUT2D eigenvalue weighted by molar-refractivity contribution is -0.117. The molecule has 1 aromatic heterocycles. The van der Waals surface area contributed by atoms with Crippen LogP contribution in [0.3, 0.4) is 0 Å². The van der Waals surface area contributed by atoms with E-state index in [1.807, 2.05) is 13.0 Å². The number of carbonyl (C=O) groups excluding carboxylic acids is 3. The molecule has 2 aromatic rings. The molecule has 170 valence electrons. The largest absolute Gasteiger partial charge is 0.413 e. The smallest absolute Gasteiger partial charge is 0.399 e. The Balaban J connectivity index is 1.40. The second-order valence-electron chi connectivity index (χ2n) is 7.97. The number of rotatable bonds is 5. The summed E-state index contributed by atoms with van der Waals surface area (Å²) in [4.78, 5) is 41.0. The fourth-order valence-electron chi connectivity index (χ4n) is 4.20. The van der Waals surface area contributed by atoms with Crippen LogP contribution in [-0.2, 0) is 4.79 Å². The third-order valence-electron chi connectivity index (χ3n) is 5.79. The van der Waals surface area contributed by atoms with E-state index in [0.29, 0.717) is 29.4 Å². The van der Waals surface area contributed by atoms with Crippen LogP contribution in [0.2, 0.25) is 0 Å². The molecule has 4 rings (SSSR count). The molecule has 2 atom stereocenters. The number of hydrogen-bond acceptors (Lipinski definition) is 6. The molecule has 2 saturated heterocycles. The van der Waals surface area contributed by atoms with Gasteiger partial charge in [0.15, 0.2) is 5.06 Å². The second kappa shape index (κ2) is 9.60. The fourth-order valence-corrected chi connectivity index (χ4v) is 5.39. The van der Waals surface area contributed by atoms with Crippen molar-refractivity contribution in [1.82, 2.24) is 10.2 Å². The summed E-state index contributed by atoms with van der Waals surface area (Å²) >= 11 is 4.62. The molecular formula is C22H24BrN3O5S. The number of hydrogen-bond donors (Lipinski definition) is 2. The van der Waals surface area contributed by atoms with Gasteiger partial charge in [-0.1, -0.05) is 11.3 Å². The van der Waals surface area contributed by atoms with Crippen LogP contribution in [-0.4, -0.2) is 59.7 Å². The fraction of sp³-hybridized carbons (Fsp3) is 0.409. The lowest BCUT2D eigenvalue weighted by Gasteiger charge is -2.24. The Labute approximate surface area is 198 Å². The van der Waals surface area contributed by atoms with Crippen molar-refractivity contribution in [3.8, 4) is 5.06 Å². The number of thiophene rings is 1. The minimum atomic E-state index is -0.597. The van der Waals surface area contributed by atoms with Crippen molar-refractivity contribution in [1.29, 1.82) is 0 Å². The quantitative estimate of drug-likeness (QED) is 0.628. The van der Waals surface area contributed by atoms with Gasteiger partial charge in [0.1, 0.15) is 0 Å². The number of ether oxygens (including phenoxy) is 1. The van der Waals surface area contributed by atoms with E-state index in [1.54, 1.807) is 34.1 Å². The molecule has 0 spiro atoms. The van der Waals surface area contributed by atoms with Crippen molar-refractivity contribution in [3.63, 3.8) is 0 Å². The third-order valence-corrected chi connectivity index (χ3v) is 7.29. The van der Waals surface area contributed by atoms with Gasteiger partial charge in [-0.3, -0.25) is 9.59 Å². The van der Waals surface area contributed by atoms with E-state index in [2.05, 4.69) is 21.2 Å². The minimum Gasteiger partial charge on any atom is -0.399 e. The van der Waals surface area contributed by atoms with Crippen LogP contribution >= 0.6 is 27.3 Å². The predicted octanol–water partition coefficient (Wildman–Crippen LogP) is 3.31. The van der Waals surface area contributed by atoms with Crippen LogP contribution < -0.4 is 15.0 Å². The number of likely N-dealkylation sites (tertiary alicyclic amines) is 1.